The Labute approximate surface area is 160 Å². The van der Waals surface area contributed by atoms with E-state index in [1.807, 2.05) is 0 Å². The molecule has 0 aliphatic carbocycles. The molecule has 1 aromatic carbocycles. The van der Waals surface area contributed by atoms with Crippen LogP contribution in [0.2, 0.25) is 5.02 Å². The zero-order valence-corrected chi connectivity index (χ0v) is 16.3. The van der Waals surface area contributed by atoms with Crippen molar-refractivity contribution >= 4 is 39.1 Å². The first-order valence-corrected chi connectivity index (χ1v) is 9.73. The summed E-state index contributed by atoms with van der Waals surface area (Å²) in [5.41, 5.74) is 0.797. The molecule has 0 radical (unpaired) electrons. The molecule has 1 N–H and O–H groups in total. The van der Waals surface area contributed by atoms with Crippen LogP contribution in [0.3, 0.4) is 0 Å². The molecule has 0 atom stereocenters. The van der Waals surface area contributed by atoms with Gasteiger partial charge in [0.1, 0.15) is 0 Å². The third-order valence-electron chi connectivity index (χ3n) is 3.98. The standard InChI is InChI=1S/C16H16ClN5O4S/c1-4-22(13-10(3)12(17)6-5-11(13)14(23)24)27(25,26)16-19-15-18-9(2)7-8-21(15)20-16/h5-8H,4H2,1-3H3,(H,23,24). The highest BCUT2D eigenvalue weighted by atomic mass is 35.5. The lowest BCUT2D eigenvalue weighted by Crippen LogP contribution is -2.33. The van der Waals surface area contributed by atoms with Gasteiger partial charge < -0.3 is 5.11 Å². The second-order valence-electron chi connectivity index (χ2n) is 5.75. The van der Waals surface area contributed by atoms with E-state index in [1.54, 1.807) is 33.0 Å². The average molecular weight is 410 g/mol. The van der Waals surface area contributed by atoms with Crippen LogP contribution in [-0.2, 0) is 10.0 Å². The molecule has 0 aliphatic rings. The number of sulfonamides is 1. The summed E-state index contributed by atoms with van der Waals surface area (Å²) >= 11 is 6.11. The van der Waals surface area contributed by atoms with Crippen molar-refractivity contribution in [2.45, 2.75) is 25.9 Å². The first kappa shape index (κ1) is 19.1. The fourth-order valence-electron chi connectivity index (χ4n) is 2.67. The molecule has 27 heavy (non-hydrogen) atoms. The van der Waals surface area contributed by atoms with Gasteiger partial charge in [-0.15, -0.1) is 5.10 Å². The van der Waals surface area contributed by atoms with Gasteiger partial charge in [0.25, 0.3) is 10.9 Å². The highest BCUT2D eigenvalue weighted by Gasteiger charge is 2.32. The van der Waals surface area contributed by atoms with E-state index in [2.05, 4.69) is 15.1 Å². The molecular weight excluding hydrogens is 394 g/mol. The number of benzene rings is 1. The summed E-state index contributed by atoms with van der Waals surface area (Å²) in [5, 5.41) is 13.3. The topological polar surface area (TPSA) is 118 Å². The van der Waals surface area contributed by atoms with E-state index >= 15 is 0 Å². The van der Waals surface area contributed by atoms with Gasteiger partial charge in [-0.2, -0.15) is 13.4 Å². The largest absolute Gasteiger partial charge is 0.478 e. The number of carbonyl (C=O) groups is 1. The van der Waals surface area contributed by atoms with Gasteiger partial charge in [0, 0.05) is 23.5 Å². The van der Waals surface area contributed by atoms with Crippen molar-refractivity contribution in [3.63, 3.8) is 0 Å². The van der Waals surface area contributed by atoms with Gasteiger partial charge >= 0.3 is 16.0 Å². The number of anilines is 1. The molecule has 9 nitrogen and oxygen atoms in total. The summed E-state index contributed by atoms with van der Waals surface area (Å²) in [5.74, 6) is -1.13. The van der Waals surface area contributed by atoms with Crippen LogP contribution in [0.1, 0.15) is 28.5 Å². The minimum atomic E-state index is -4.25. The van der Waals surface area contributed by atoms with Crippen LogP contribution in [0.4, 0.5) is 5.69 Å². The molecule has 0 unspecified atom stereocenters. The third kappa shape index (κ3) is 3.21. The van der Waals surface area contributed by atoms with Crippen molar-refractivity contribution in [2.75, 3.05) is 10.8 Å². The zero-order chi connectivity index (χ0) is 19.9. The fourth-order valence-corrected chi connectivity index (χ4v) is 4.22. The molecule has 2 aromatic heterocycles. The number of aromatic nitrogens is 4. The van der Waals surface area contributed by atoms with Crippen LogP contribution in [0.25, 0.3) is 5.78 Å². The van der Waals surface area contributed by atoms with E-state index in [0.717, 1.165) is 4.31 Å². The summed E-state index contributed by atoms with van der Waals surface area (Å²) in [7, 11) is -4.25. The van der Waals surface area contributed by atoms with Crippen molar-refractivity contribution in [1.29, 1.82) is 0 Å². The normalized spacial score (nSPS) is 11.7. The first-order chi connectivity index (χ1) is 12.7. The van der Waals surface area contributed by atoms with Crippen LogP contribution in [0, 0.1) is 13.8 Å². The molecule has 0 amide bonds. The number of hydrogen-bond acceptors (Lipinski definition) is 6. The molecule has 11 heteroatoms. The first-order valence-electron chi connectivity index (χ1n) is 7.92. The highest BCUT2D eigenvalue weighted by molar-refractivity contribution is 7.92. The number of nitrogens with zero attached hydrogens (tertiary/aromatic N) is 5. The maximum Gasteiger partial charge on any atom is 0.337 e. The van der Waals surface area contributed by atoms with E-state index < -0.39 is 21.1 Å². The molecule has 0 spiro atoms. The zero-order valence-electron chi connectivity index (χ0n) is 14.7. The SMILES string of the molecule is CCN(c1c(C(=O)O)ccc(Cl)c1C)S(=O)(=O)c1nc2nc(C)ccn2n1. The highest BCUT2D eigenvalue weighted by Crippen LogP contribution is 2.33. The minimum absolute atomic E-state index is 0.0134. The summed E-state index contributed by atoms with van der Waals surface area (Å²) < 4.78 is 28.6. The van der Waals surface area contributed by atoms with Gasteiger partial charge in [-0.3, -0.25) is 4.31 Å². The number of carboxylic acid groups (broad SMARTS) is 1. The fraction of sp³-hybridized carbons (Fsp3) is 0.250. The summed E-state index contributed by atoms with van der Waals surface area (Å²) in [6.07, 6.45) is 1.55. The number of carboxylic acids is 1. The Morgan fingerprint density at radius 1 is 1.26 bits per heavy atom. The molecule has 0 bridgehead atoms. The second kappa shape index (κ2) is 6.78. The quantitative estimate of drug-likeness (QED) is 0.686. The minimum Gasteiger partial charge on any atom is -0.478 e. The van der Waals surface area contributed by atoms with Crippen LogP contribution < -0.4 is 4.31 Å². The number of hydrogen-bond donors (Lipinski definition) is 1. The van der Waals surface area contributed by atoms with Gasteiger partial charge in [0.05, 0.1) is 11.3 Å². The lowest BCUT2D eigenvalue weighted by Gasteiger charge is -2.25. The van der Waals surface area contributed by atoms with Crippen LogP contribution >= 0.6 is 11.6 Å². The Balaban J connectivity index is 2.22. The van der Waals surface area contributed by atoms with Crippen LogP contribution in [-0.4, -0.2) is 45.6 Å². The smallest absolute Gasteiger partial charge is 0.337 e. The molecule has 2 heterocycles. The molecule has 0 saturated heterocycles. The van der Waals surface area contributed by atoms with Crippen molar-refractivity contribution in [2.24, 2.45) is 0 Å². The summed E-state index contributed by atoms with van der Waals surface area (Å²) in [4.78, 5) is 19.8. The van der Waals surface area contributed by atoms with Gasteiger partial charge in [0.2, 0.25) is 0 Å². The molecule has 3 aromatic rings. The van der Waals surface area contributed by atoms with E-state index in [9.17, 15) is 18.3 Å². The number of aryl methyl sites for hydroxylation is 1. The number of fused-ring (bicyclic) bond motifs is 1. The Bertz CT molecular complexity index is 1160. The summed E-state index contributed by atoms with van der Waals surface area (Å²) in [6, 6.07) is 4.35. The van der Waals surface area contributed by atoms with Crippen LogP contribution in [0.15, 0.2) is 29.6 Å². The molecule has 142 valence electrons. The van der Waals surface area contributed by atoms with E-state index in [-0.39, 0.29) is 28.6 Å². The lowest BCUT2D eigenvalue weighted by atomic mass is 10.1. The molecule has 3 rings (SSSR count). The molecular formula is C16H16ClN5O4S. The van der Waals surface area contributed by atoms with E-state index in [0.29, 0.717) is 11.3 Å². The number of rotatable bonds is 5. The van der Waals surface area contributed by atoms with E-state index in [1.165, 1.54) is 16.6 Å². The number of halogens is 1. The van der Waals surface area contributed by atoms with Crippen molar-refractivity contribution in [3.8, 4) is 0 Å². The van der Waals surface area contributed by atoms with Crippen molar-refractivity contribution in [1.82, 2.24) is 19.6 Å². The number of aromatic carboxylic acids is 1. The Kier molecular flexibility index (Phi) is 4.79. The Hall–Kier alpha value is -2.72. The van der Waals surface area contributed by atoms with Crippen molar-refractivity contribution in [3.05, 3.63) is 46.2 Å². The predicted molar refractivity (Wildman–Crippen MR) is 98.9 cm³/mol. The monoisotopic (exact) mass is 409 g/mol. The molecule has 0 aliphatic heterocycles. The average Bonchev–Trinajstić information content (AvgIpc) is 3.02. The van der Waals surface area contributed by atoms with Crippen LogP contribution in [0.5, 0.6) is 0 Å². The van der Waals surface area contributed by atoms with Gasteiger partial charge in [-0.25, -0.2) is 14.3 Å². The van der Waals surface area contributed by atoms with Crippen molar-refractivity contribution < 1.29 is 18.3 Å². The predicted octanol–water partition coefficient (Wildman–Crippen LogP) is 2.31. The van der Waals surface area contributed by atoms with E-state index in [4.69, 9.17) is 11.6 Å². The third-order valence-corrected chi connectivity index (χ3v) is 6.04. The maximum atomic E-state index is 13.2. The Morgan fingerprint density at radius 3 is 2.59 bits per heavy atom. The molecule has 0 saturated carbocycles. The second-order valence-corrected chi connectivity index (χ2v) is 7.91. The summed E-state index contributed by atoms with van der Waals surface area (Å²) in [6.45, 7) is 4.85. The Morgan fingerprint density at radius 2 is 1.96 bits per heavy atom. The van der Waals surface area contributed by atoms with Gasteiger partial charge in [0.15, 0.2) is 0 Å². The molecule has 0 fully saturated rings. The maximum absolute atomic E-state index is 13.2. The van der Waals surface area contributed by atoms with Gasteiger partial charge in [-0.05, 0) is 44.5 Å². The lowest BCUT2D eigenvalue weighted by molar-refractivity contribution is 0.0697. The van der Waals surface area contributed by atoms with Gasteiger partial charge in [-0.1, -0.05) is 11.6 Å².